The van der Waals surface area contributed by atoms with E-state index in [-0.39, 0.29) is 0 Å². The summed E-state index contributed by atoms with van der Waals surface area (Å²) in [6.45, 7) is 0. The van der Waals surface area contributed by atoms with Crippen LogP contribution in [0, 0.1) is 0 Å². The van der Waals surface area contributed by atoms with Crippen LogP contribution in [0.15, 0.2) is 0 Å². The van der Waals surface area contributed by atoms with Crippen LogP contribution >= 0.6 is 0 Å². The second-order valence-electron chi connectivity index (χ2n) is 1.53. The molecule has 6 heteroatoms. The molecular weight excluding hydrogens is 191 g/mol. The topological polar surface area (TPSA) is 94.8 Å². The van der Waals surface area contributed by atoms with Gasteiger partial charge in [-0.15, -0.1) is 0 Å². The Hall–Kier alpha value is -0.252. The van der Waals surface area contributed by atoms with Crippen LogP contribution in [-0.4, -0.2) is 33.4 Å². The molecule has 0 amide bonds. The van der Waals surface area contributed by atoms with E-state index in [1.807, 2.05) is 0 Å². The predicted octanol–water partition coefficient (Wildman–Crippen LogP) is -1.18. The van der Waals surface area contributed by atoms with Gasteiger partial charge in [-0.3, -0.25) is 0 Å². The molecule has 0 spiro atoms. The zero-order valence-corrected chi connectivity index (χ0v) is 6.40. The Morgan fingerprint density at radius 2 is 1.89 bits per heavy atom. The molecule has 0 aromatic rings. The number of aliphatic carboxylic acids is 1. The molecule has 0 rings (SSSR count). The Morgan fingerprint density at radius 1 is 1.44 bits per heavy atom. The number of hydrogen-bond donors (Lipinski definition) is 3. The van der Waals surface area contributed by atoms with Crippen molar-refractivity contribution in [2.75, 3.05) is 0 Å². The van der Waals surface area contributed by atoms with Crippen molar-refractivity contribution in [1.29, 1.82) is 0 Å². The van der Waals surface area contributed by atoms with Gasteiger partial charge in [0.25, 0.3) is 0 Å². The summed E-state index contributed by atoms with van der Waals surface area (Å²) in [6.07, 6.45) is -0.455. The number of carboxylic acid groups (broad SMARTS) is 1. The Labute approximate surface area is 54.3 Å². The van der Waals surface area contributed by atoms with Crippen LogP contribution in [0.1, 0.15) is 6.42 Å². The summed E-state index contributed by atoms with van der Waals surface area (Å²) in [6, 6.07) is 0. The van der Waals surface area contributed by atoms with Crippen LogP contribution < -0.4 is 0 Å². The van der Waals surface area contributed by atoms with E-state index in [1.54, 1.807) is 0 Å². The molecule has 0 fully saturated rings. The van der Waals surface area contributed by atoms with Gasteiger partial charge < -0.3 is 0 Å². The van der Waals surface area contributed by atoms with Crippen LogP contribution in [0.5, 0.6) is 0 Å². The van der Waals surface area contributed by atoms with Crippen molar-refractivity contribution >= 4 is 20.1 Å². The average molecular weight is 198 g/mol. The molecule has 0 radical (unpaired) electrons. The second-order valence-corrected chi connectivity index (χ2v) is 5.26. The molecule has 0 aliphatic heterocycles. The van der Waals surface area contributed by atoms with Crippen molar-refractivity contribution in [2.45, 2.75) is 11.6 Å². The van der Waals surface area contributed by atoms with E-state index in [9.17, 15) is 8.53 Å². The molecule has 0 saturated heterocycles. The van der Waals surface area contributed by atoms with Gasteiger partial charge in [-0.2, -0.15) is 0 Å². The molecule has 0 saturated carbocycles. The van der Waals surface area contributed by atoms with Crippen LogP contribution in [0.2, 0.25) is 5.21 Å². The number of hydrogen-bond acceptors (Lipinski definition) is 2. The molecular formula is C3H7AsO5. The predicted molar refractivity (Wildman–Crippen MR) is 27.9 cm³/mol. The van der Waals surface area contributed by atoms with Gasteiger partial charge in [-0.05, 0) is 0 Å². The van der Waals surface area contributed by atoms with Crippen LogP contribution in [0.25, 0.3) is 0 Å². The summed E-state index contributed by atoms with van der Waals surface area (Å²) in [5.41, 5.74) is 0. The number of carbonyl (C=O) groups is 1. The van der Waals surface area contributed by atoms with Gasteiger partial charge in [-0.25, -0.2) is 0 Å². The molecule has 0 aromatic heterocycles. The molecule has 3 N–H and O–H groups in total. The van der Waals surface area contributed by atoms with Crippen molar-refractivity contribution in [3.05, 3.63) is 0 Å². The van der Waals surface area contributed by atoms with Crippen LogP contribution in [0.3, 0.4) is 0 Å². The fraction of sp³-hybridized carbons (Fsp3) is 0.667. The van der Waals surface area contributed by atoms with E-state index in [0.29, 0.717) is 0 Å². The first-order valence-corrected chi connectivity index (χ1v) is 5.95. The van der Waals surface area contributed by atoms with E-state index >= 15 is 0 Å². The van der Waals surface area contributed by atoms with Crippen molar-refractivity contribution in [1.82, 2.24) is 0 Å². The zero-order chi connectivity index (χ0) is 7.49. The fourth-order valence-electron chi connectivity index (χ4n) is 0.241. The van der Waals surface area contributed by atoms with Crippen molar-refractivity contribution < 1.29 is 21.8 Å². The summed E-state index contributed by atoms with van der Waals surface area (Å²) in [5, 5.41) is 7.42. The van der Waals surface area contributed by atoms with E-state index in [4.69, 9.17) is 13.3 Å². The van der Waals surface area contributed by atoms with Gasteiger partial charge in [0.1, 0.15) is 0 Å². The van der Waals surface area contributed by atoms with E-state index in [0.717, 1.165) is 0 Å². The summed E-state index contributed by atoms with van der Waals surface area (Å²) in [7, 11) is 0. The third kappa shape index (κ3) is 7.75. The molecule has 0 aliphatic rings. The maximum atomic E-state index is 10.0. The summed E-state index contributed by atoms with van der Waals surface area (Å²) in [4.78, 5) is 9.71. The zero-order valence-electron chi connectivity index (χ0n) is 4.52. The third-order valence-electron chi connectivity index (χ3n) is 0.617. The summed E-state index contributed by atoms with van der Waals surface area (Å²) < 4.78 is 26.4. The molecule has 0 atom stereocenters. The fourth-order valence-corrected chi connectivity index (χ4v) is 1.25. The normalized spacial score (nSPS) is 11.3. The number of rotatable bonds is 3. The minimum atomic E-state index is -4.65. The van der Waals surface area contributed by atoms with Crippen LogP contribution in [0.4, 0.5) is 0 Å². The Bertz CT molecular complexity index is 146. The maximum absolute atomic E-state index is 10.0. The summed E-state index contributed by atoms with van der Waals surface area (Å²) >= 11 is -4.65. The van der Waals surface area contributed by atoms with E-state index < -0.39 is 31.8 Å². The first-order chi connectivity index (χ1) is 3.92. The molecule has 0 aliphatic carbocycles. The average Bonchev–Trinajstić information content (AvgIpc) is 1.59. The molecule has 0 heterocycles. The minimum absolute atomic E-state index is 0.455. The standard InChI is InChI=1S/C3H7AsO5/c5-3(6)1-2-4(7,8)9/h1-2H2,(H,5,6)(H2,7,8,9). The molecule has 0 unspecified atom stereocenters. The first-order valence-electron chi connectivity index (χ1n) is 2.18. The Kier molecular flexibility index (Phi) is 2.97. The van der Waals surface area contributed by atoms with Gasteiger partial charge in [0.15, 0.2) is 0 Å². The van der Waals surface area contributed by atoms with E-state index in [1.165, 1.54) is 0 Å². The quantitative estimate of drug-likeness (QED) is 0.496. The van der Waals surface area contributed by atoms with Crippen molar-refractivity contribution in [3.63, 3.8) is 0 Å². The SMILES string of the molecule is O=C(O)CC[As](=O)(O)O. The summed E-state index contributed by atoms with van der Waals surface area (Å²) in [5.74, 6) is -1.18. The molecule has 9 heavy (non-hydrogen) atoms. The van der Waals surface area contributed by atoms with Gasteiger partial charge in [0, 0.05) is 0 Å². The van der Waals surface area contributed by atoms with Gasteiger partial charge in [0.2, 0.25) is 0 Å². The molecule has 0 bridgehead atoms. The van der Waals surface area contributed by atoms with E-state index in [2.05, 4.69) is 0 Å². The molecule has 0 aromatic carbocycles. The number of carboxylic acids is 1. The monoisotopic (exact) mass is 198 g/mol. The first kappa shape index (κ1) is 8.75. The van der Waals surface area contributed by atoms with Crippen molar-refractivity contribution in [3.8, 4) is 0 Å². The van der Waals surface area contributed by atoms with Crippen molar-refractivity contribution in [2.24, 2.45) is 0 Å². The van der Waals surface area contributed by atoms with Gasteiger partial charge in [-0.1, -0.05) is 0 Å². The van der Waals surface area contributed by atoms with Gasteiger partial charge in [0.05, 0.1) is 0 Å². The second kappa shape index (κ2) is 3.05. The van der Waals surface area contributed by atoms with Gasteiger partial charge >= 0.3 is 53.6 Å². The Balaban J connectivity index is 3.53. The molecule has 54 valence electrons. The Morgan fingerprint density at radius 3 is 2.00 bits per heavy atom. The molecule has 5 nitrogen and oxygen atoms in total. The van der Waals surface area contributed by atoms with Crippen LogP contribution in [-0.2, 0) is 8.53 Å². The third-order valence-corrected chi connectivity index (χ3v) is 2.31.